The summed E-state index contributed by atoms with van der Waals surface area (Å²) in [6, 6.07) is 11.8. The maximum atomic E-state index is 14.2. The van der Waals surface area contributed by atoms with E-state index in [0.717, 1.165) is 0 Å². The fourth-order valence-electron chi connectivity index (χ4n) is 2.45. The van der Waals surface area contributed by atoms with Crippen molar-refractivity contribution in [2.75, 3.05) is 13.7 Å². The monoisotopic (exact) mass is 372 g/mol. The number of fused-ring (bicyclic) bond motifs is 1. The van der Waals surface area contributed by atoms with Gasteiger partial charge in [0.05, 0.1) is 17.3 Å². The van der Waals surface area contributed by atoms with Crippen LogP contribution >= 0.6 is 11.3 Å². The molecular weight excluding hydrogens is 355 g/mol. The van der Waals surface area contributed by atoms with Crippen molar-refractivity contribution in [3.63, 3.8) is 0 Å². The van der Waals surface area contributed by atoms with Gasteiger partial charge in [-0.05, 0) is 24.3 Å². The van der Waals surface area contributed by atoms with Crippen LogP contribution in [0.15, 0.2) is 60.1 Å². The third-order valence-electron chi connectivity index (χ3n) is 3.59. The summed E-state index contributed by atoms with van der Waals surface area (Å²) in [4.78, 5) is 16.7. The first-order chi connectivity index (χ1) is 12.6. The number of methoxy groups -OCH3 is 1. The van der Waals surface area contributed by atoms with Gasteiger partial charge in [0.15, 0.2) is 11.4 Å². The number of allylic oxidation sites excluding steroid dienone is 1. The number of benzene rings is 2. The first kappa shape index (κ1) is 17.9. The standard InChI is InChI=1S/C19H17FN2O3S/c1-3-10-22-18-15(20)8-5-9-16(18)26-19(22)21-17(23)12-25-14-7-4-6-13(11-14)24-2/h3-9,11H,1,10,12H2,2H3. The van der Waals surface area contributed by atoms with Gasteiger partial charge in [0.25, 0.3) is 5.91 Å². The third-order valence-corrected chi connectivity index (χ3v) is 4.63. The highest BCUT2D eigenvalue weighted by atomic mass is 32.1. The van der Waals surface area contributed by atoms with Crippen LogP contribution in [0, 0.1) is 5.82 Å². The third kappa shape index (κ3) is 3.83. The van der Waals surface area contributed by atoms with Crippen LogP contribution in [-0.4, -0.2) is 24.2 Å². The van der Waals surface area contributed by atoms with Gasteiger partial charge in [0.1, 0.15) is 17.3 Å². The number of thiazole rings is 1. The van der Waals surface area contributed by atoms with E-state index in [0.29, 0.717) is 33.1 Å². The Morgan fingerprint density at radius 1 is 1.31 bits per heavy atom. The molecule has 0 saturated heterocycles. The fraction of sp³-hybridized carbons (Fsp3) is 0.158. The zero-order valence-corrected chi connectivity index (χ0v) is 15.0. The number of hydrogen-bond donors (Lipinski definition) is 0. The zero-order chi connectivity index (χ0) is 18.5. The predicted molar refractivity (Wildman–Crippen MR) is 99.0 cm³/mol. The summed E-state index contributed by atoms with van der Waals surface area (Å²) >= 11 is 1.25. The number of halogens is 1. The molecule has 0 saturated carbocycles. The highest BCUT2D eigenvalue weighted by Crippen LogP contribution is 2.21. The Morgan fingerprint density at radius 2 is 2.08 bits per heavy atom. The van der Waals surface area contributed by atoms with Gasteiger partial charge in [-0.2, -0.15) is 4.99 Å². The zero-order valence-electron chi connectivity index (χ0n) is 14.1. The Bertz CT molecular complexity index is 1020. The molecule has 3 rings (SSSR count). The van der Waals surface area contributed by atoms with Crippen LogP contribution in [0.3, 0.4) is 0 Å². The van der Waals surface area contributed by atoms with Crippen molar-refractivity contribution in [1.29, 1.82) is 0 Å². The van der Waals surface area contributed by atoms with E-state index in [4.69, 9.17) is 9.47 Å². The highest BCUT2D eigenvalue weighted by Gasteiger charge is 2.11. The predicted octanol–water partition coefficient (Wildman–Crippen LogP) is 3.54. The van der Waals surface area contributed by atoms with E-state index in [-0.39, 0.29) is 12.4 Å². The van der Waals surface area contributed by atoms with Crippen LogP contribution in [0.1, 0.15) is 0 Å². The first-order valence-corrected chi connectivity index (χ1v) is 8.67. The molecule has 0 aliphatic rings. The lowest BCUT2D eigenvalue weighted by atomic mass is 10.3. The highest BCUT2D eigenvalue weighted by molar-refractivity contribution is 7.16. The second kappa shape index (κ2) is 7.97. The molecule has 0 fully saturated rings. The number of carbonyl (C=O) groups excluding carboxylic acids is 1. The van der Waals surface area contributed by atoms with Gasteiger partial charge in [-0.1, -0.05) is 29.5 Å². The second-order valence-electron chi connectivity index (χ2n) is 5.34. The molecule has 7 heteroatoms. The maximum Gasteiger partial charge on any atom is 0.286 e. The van der Waals surface area contributed by atoms with Gasteiger partial charge in [-0.25, -0.2) is 4.39 Å². The van der Waals surface area contributed by atoms with Gasteiger partial charge < -0.3 is 14.0 Å². The molecule has 1 heterocycles. The van der Waals surface area contributed by atoms with Crippen molar-refractivity contribution in [2.45, 2.75) is 6.54 Å². The van der Waals surface area contributed by atoms with E-state index in [1.807, 2.05) is 0 Å². The molecule has 5 nitrogen and oxygen atoms in total. The summed E-state index contributed by atoms with van der Waals surface area (Å²) in [6.07, 6.45) is 1.63. The van der Waals surface area contributed by atoms with E-state index in [2.05, 4.69) is 11.6 Å². The topological polar surface area (TPSA) is 52.8 Å². The van der Waals surface area contributed by atoms with E-state index in [1.54, 1.807) is 54.2 Å². The lowest BCUT2D eigenvalue weighted by Crippen LogP contribution is -2.19. The molecule has 134 valence electrons. The lowest BCUT2D eigenvalue weighted by molar-refractivity contribution is -0.120. The van der Waals surface area contributed by atoms with E-state index >= 15 is 0 Å². The van der Waals surface area contributed by atoms with Crippen molar-refractivity contribution in [1.82, 2.24) is 4.57 Å². The molecule has 0 bridgehead atoms. The SMILES string of the molecule is C=CCn1c(=NC(=O)COc2cccc(OC)c2)sc2cccc(F)c21. The summed E-state index contributed by atoms with van der Waals surface area (Å²) in [5.41, 5.74) is 0.415. The number of carbonyl (C=O) groups is 1. The lowest BCUT2D eigenvalue weighted by Gasteiger charge is -2.05. The largest absolute Gasteiger partial charge is 0.497 e. The Hall–Kier alpha value is -2.93. The molecule has 2 aromatic carbocycles. The molecule has 26 heavy (non-hydrogen) atoms. The fourth-order valence-corrected chi connectivity index (χ4v) is 3.52. The Morgan fingerprint density at radius 3 is 2.85 bits per heavy atom. The van der Waals surface area contributed by atoms with Crippen molar-refractivity contribution >= 4 is 27.5 Å². The van der Waals surface area contributed by atoms with E-state index in [9.17, 15) is 9.18 Å². The van der Waals surface area contributed by atoms with Gasteiger partial charge >= 0.3 is 0 Å². The molecule has 0 unspecified atom stereocenters. The average Bonchev–Trinajstić information content (AvgIpc) is 2.99. The summed E-state index contributed by atoms with van der Waals surface area (Å²) in [7, 11) is 1.55. The van der Waals surface area contributed by atoms with Crippen molar-refractivity contribution < 1.29 is 18.7 Å². The number of rotatable bonds is 6. The molecule has 0 aliphatic carbocycles. The maximum absolute atomic E-state index is 14.2. The molecule has 1 amide bonds. The van der Waals surface area contributed by atoms with Crippen LogP contribution < -0.4 is 14.3 Å². The van der Waals surface area contributed by atoms with Gasteiger partial charge in [0.2, 0.25) is 0 Å². The van der Waals surface area contributed by atoms with Crippen LogP contribution in [0.5, 0.6) is 11.5 Å². The number of amides is 1. The summed E-state index contributed by atoms with van der Waals surface area (Å²) in [5.74, 6) is 0.324. The number of aromatic nitrogens is 1. The summed E-state index contributed by atoms with van der Waals surface area (Å²) < 4.78 is 27.1. The Balaban J connectivity index is 1.86. The summed E-state index contributed by atoms with van der Waals surface area (Å²) in [5, 5.41) is 0. The molecule has 0 aliphatic heterocycles. The summed E-state index contributed by atoms with van der Waals surface area (Å²) in [6.45, 7) is 3.81. The quantitative estimate of drug-likeness (QED) is 0.622. The van der Waals surface area contributed by atoms with Crippen LogP contribution in [0.2, 0.25) is 0 Å². The van der Waals surface area contributed by atoms with Crippen molar-refractivity contribution in [2.24, 2.45) is 4.99 Å². The first-order valence-electron chi connectivity index (χ1n) is 7.85. The van der Waals surface area contributed by atoms with Gasteiger partial charge in [-0.15, -0.1) is 6.58 Å². The van der Waals surface area contributed by atoms with Crippen molar-refractivity contribution in [3.8, 4) is 11.5 Å². The molecule has 0 N–H and O–H groups in total. The van der Waals surface area contributed by atoms with E-state index in [1.165, 1.54) is 17.4 Å². The number of hydrogen-bond acceptors (Lipinski definition) is 4. The van der Waals surface area contributed by atoms with Gasteiger partial charge in [-0.3, -0.25) is 4.79 Å². The molecule has 0 atom stereocenters. The Labute approximate surface area is 153 Å². The van der Waals surface area contributed by atoms with Crippen molar-refractivity contribution in [3.05, 3.63) is 65.7 Å². The number of ether oxygens (including phenoxy) is 2. The average molecular weight is 372 g/mol. The normalized spacial score (nSPS) is 11.5. The smallest absolute Gasteiger partial charge is 0.286 e. The minimum atomic E-state index is -0.461. The van der Waals surface area contributed by atoms with Crippen LogP contribution in [0.25, 0.3) is 10.2 Å². The minimum absolute atomic E-state index is 0.224. The molecule has 3 aromatic rings. The molecule has 0 radical (unpaired) electrons. The second-order valence-corrected chi connectivity index (χ2v) is 6.35. The van der Waals surface area contributed by atoms with Crippen LogP contribution in [0.4, 0.5) is 4.39 Å². The number of para-hydroxylation sites is 1. The Kier molecular flexibility index (Phi) is 5.48. The van der Waals surface area contributed by atoms with Gasteiger partial charge in [0, 0.05) is 12.6 Å². The molecular formula is C19H17FN2O3S. The van der Waals surface area contributed by atoms with Crippen LogP contribution in [-0.2, 0) is 11.3 Å². The molecule has 0 spiro atoms. The molecule has 1 aromatic heterocycles. The minimum Gasteiger partial charge on any atom is -0.497 e. The van der Waals surface area contributed by atoms with E-state index < -0.39 is 5.91 Å². The number of nitrogens with zero attached hydrogens (tertiary/aromatic N) is 2.